The zero-order chi connectivity index (χ0) is 15.1. The van der Waals surface area contributed by atoms with Crippen LogP contribution in [0.15, 0.2) is 52.6 Å². The number of allylic oxidation sites excluding steroid dienone is 4. The van der Waals surface area contributed by atoms with Crippen LogP contribution in [0.2, 0.25) is 0 Å². The molecule has 0 aliphatic carbocycles. The highest BCUT2D eigenvalue weighted by Crippen LogP contribution is 2.12. The zero-order valence-electron chi connectivity index (χ0n) is 13.1. The maximum atomic E-state index is 8.96. The fourth-order valence-corrected chi connectivity index (χ4v) is 1.27. The van der Waals surface area contributed by atoms with Crippen LogP contribution < -0.4 is 0 Å². The third kappa shape index (κ3) is 9.20. The van der Waals surface area contributed by atoms with Gasteiger partial charge in [-0.25, -0.2) is 0 Å². The van der Waals surface area contributed by atoms with Gasteiger partial charge in [-0.05, 0) is 30.1 Å². The van der Waals surface area contributed by atoms with Crippen LogP contribution in [0.4, 0.5) is 0 Å². The van der Waals surface area contributed by atoms with E-state index < -0.39 is 0 Å². The molecule has 0 aromatic heterocycles. The van der Waals surface area contributed by atoms with Gasteiger partial charge < -0.3 is 5.11 Å². The van der Waals surface area contributed by atoms with E-state index in [-0.39, 0.29) is 6.61 Å². The van der Waals surface area contributed by atoms with Crippen LogP contribution in [0.25, 0.3) is 0 Å². The van der Waals surface area contributed by atoms with E-state index in [1.165, 1.54) is 0 Å². The van der Waals surface area contributed by atoms with Crippen LogP contribution in [0.3, 0.4) is 0 Å². The van der Waals surface area contributed by atoms with Gasteiger partial charge in [0, 0.05) is 12.8 Å². The first-order valence-electron chi connectivity index (χ1n) is 7.11. The lowest BCUT2D eigenvalue weighted by Crippen LogP contribution is -1.95. The van der Waals surface area contributed by atoms with Gasteiger partial charge in [-0.2, -0.15) is 0 Å². The molecule has 2 heteroatoms. The van der Waals surface area contributed by atoms with Crippen molar-refractivity contribution in [2.24, 2.45) is 4.99 Å². The van der Waals surface area contributed by atoms with Gasteiger partial charge in [0.2, 0.25) is 0 Å². The van der Waals surface area contributed by atoms with E-state index in [9.17, 15) is 0 Å². The van der Waals surface area contributed by atoms with Crippen molar-refractivity contribution in [3.05, 3.63) is 47.6 Å². The minimum absolute atomic E-state index is 0.0629. The number of rotatable bonds is 4. The lowest BCUT2D eigenvalue weighted by atomic mass is 10.0. The second-order valence-corrected chi connectivity index (χ2v) is 3.36. The van der Waals surface area contributed by atoms with Gasteiger partial charge >= 0.3 is 0 Å². The first-order chi connectivity index (χ1) is 9.27. The summed E-state index contributed by atoms with van der Waals surface area (Å²) < 4.78 is 0. The molecule has 2 nitrogen and oxygen atoms in total. The summed E-state index contributed by atoms with van der Waals surface area (Å²) in [6.45, 7) is 14.8. The fraction of sp³-hybridized carbons (Fsp3) is 0.471. The molecule has 0 unspecified atom stereocenters. The molecule has 1 aliphatic rings. The Hall–Kier alpha value is -1.41. The molecule has 1 rings (SSSR count). The van der Waals surface area contributed by atoms with Gasteiger partial charge in [-0.1, -0.05) is 58.6 Å². The molecule has 0 fully saturated rings. The molecular formula is C17H29NO. The molecule has 108 valence electrons. The van der Waals surface area contributed by atoms with Crippen molar-refractivity contribution in [3.8, 4) is 0 Å². The summed E-state index contributed by atoms with van der Waals surface area (Å²) in [6.07, 6.45) is 10.6. The van der Waals surface area contributed by atoms with Gasteiger partial charge in [0.1, 0.15) is 0 Å². The first-order valence-corrected chi connectivity index (χ1v) is 7.11. The molecule has 1 N–H and O–H groups in total. The number of hydrogen-bond donors (Lipinski definition) is 1. The predicted molar refractivity (Wildman–Crippen MR) is 87.9 cm³/mol. The van der Waals surface area contributed by atoms with Crippen molar-refractivity contribution in [2.75, 3.05) is 13.2 Å². The van der Waals surface area contributed by atoms with Crippen LogP contribution in [-0.2, 0) is 0 Å². The van der Waals surface area contributed by atoms with Crippen LogP contribution in [0, 0.1) is 0 Å². The number of aliphatic hydroxyl groups excluding tert-OH is 1. The monoisotopic (exact) mass is 263 g/mol. The van der Waals surface area contributed by atoms with Gasteiger partial charge in [0.25, 0.3) is 0 Å². The van der Waals surface area contributed by atoms with Crippen LogP contribution >= 0.6 is 0 Å². The number of hydrogen-bond acceptors (Lipinski definition) is 2. The molecule has 0 radical (unpaired) electrons. The van der Waals surface area contributed by atoms with Crippen LogP contribution in [0.1, 0.15) is 41.0 Å². The van der Waals surface area contributed by atoms with Crippen molar-refractivity contribution < 1.29 is 5.11 Å². The van der Waals surface area contributed by atoms with E-state index in [1.54, 1.807) is 0 Å². The average molecular weight is 263 g/mol. The average Bonchev–Trinajstić information content (AvgIpc) is 2.53. The number of dihydropyridines is 1. The molecule has 19 heavy (non-hydrogen) atoms. The van der Waals surface area contributed by atoms with E-state index in [0.717, 1.165) is 29.7 Å². The summed E-state index contributed by atoms with van der Waals surface area (Å²) in [6, 6.07) is 0. The molecule has 0 aromatic rings. The highest BCUT2D eigenvalue weighted by molar-refractivity contribution is 5.86. The maximum Gasteiger partial charge on any atom is 0.0678 e. The molecule has 1 aliphatic heterocycles. The van der Waals surface area contributed by atoms with Crippen molar-refractivity contribution in [3.63, 3.8) is 0 Å². The second kappa shape index (κ2) is 14.7. The normalized spacial score (nSPS) is 14.0. The van der Waals surface area contributed by atoms with E-state index in [2.05, 4.69) is 17.6 Å². The highest BCUT2D eigenvalue weighted by Gasteiger charge is 1.99. The van der Waals surface area contributed by atoms with Gasteiger partial charge in [0.15, 0.2) is 0 Å². The summed E-state index contributed by atoms with van der Waals surface area (Å²) in [4.78, 5) is 4.20. The molecule has 0 spiro atoms. The Balaban J connectivity index is 0. The molecular weight excluding hydrogens is 234 g/mol. The molecule has 1 heterocycles. The van der Waals surface area contributed by atoms with Crippen molar-refractivity contribution in [1.29, 1.82) is 0 Å². The van der Waals surface area contributed by atoms with Crippen LogP contribution in [-0.4, -0.2) is 24.5 Å². The predicted octanol–water partition coefficient (Wildman–Crippen LogP) is 4.49. The molecule has 0 saturated heterocycles. The Morgan fingerprint density at radius 1 is 1.32 bits per heavy atom. The third-order valence-electron chi connectivity index (χ3n) is 2.28. The molecule has 0 bridgehead atoms. The van der Waals surface area contributed by atoms with Crippen molar-refractivity contribution in [1.82, 2.24) is 0 Å². The van der Waals surface area contributed by atoms with Gasteiger partial charge in [-0.3, -0.25) is 4.99 Å². The number of aliphatic imine (C=N–C) groups is 1. The quantitative estimate of drug-likeness (QED) is 0.745. The minimum Gasteiger partial charge on any atom is -0.392 e. The summed E-state index contributed by atoms with van der Waals surface area (Å²) in [5.41, 5.74) is 2.90. The van der Waals surface area contributed by atoms with E-state index in [4.69, 9.17) is 5.11 Å². The van der Waals surface area contributed by atoms with Crippen LogP contribution in [0.5, 0.6) is 0 Å². The lowest BCUT2D eigenvalue weighted by Gasteiger charge is -2.05. The topological polar surface area (TPSA) is 32.6 Å². The summed E-state index contributed by atoms with van der Waals surface area (Å²) in [5.74, 6) is 0. The third-order valence-corrected chi connectivity index (χ3v) is 2.28. The number of aliphatic hydroxyl groups is 1. The van der Waals surface area contributed by atoms with Crippen molar-refractivity contribution in [2.45, 2.75) is 41.0 Å². The fourth-order valence-electron chi connectivity index (χ4n) is 1.27. The summed E-state index contributed by atoms with van der Waals surface area (Å²) in [7, 11) is 0. The Morgan fingerprint density at radius 3 is 2.37 bits per heavy atom. The molecule has 0 aromatic carbocycles. The Morgan fingerprint density at radius 2 is 1.95 bits per heavy atom. The second-order valence-electron chi connectivity index (χ2n) is 3.36. The zero-order valence-corrected chi connectivity index (χ0v) is 13.1. The Labute approximate surface area is 119 Å². The summed E-state index contributed by atoms with van der Waals surface area (Å²) >= 11 is 0. The maximum absolute atomic E-state index is 8.96. The highest BCUT2D eigenvalue weighted by atomic mass is 16.3. The SMILES string of the molecule is C=C(/C=C\C(=C/C)CO)C1=CCCN=C1.CC.CC. The van der Waals surface area contributed by atoms with E-state index in [1.807, 2.05) is 59.1 Å². The standard InChI is InChI=1S/C13H17NO.2C2H6/c1-3-12(10-15)7-6-11(2)13-5-4-8-14-9-13;2*1-2/h3,5-7,9,15H,2,4,8,10H2,1H3;2*1-2H3/b7-6-,12-3+;;. The van der Waals surface area contributed by atoms with E-state index >= 15 is 0 Å². The van der Waals surface area contributed by atoms with Gasteiger partial charge in [0.05, 0.1) is 6.61 Å². The molecule has 0 saturated carbocycles. The Bertz CT molecular complexity index is 346. The smallest absolute Gasteiger partial charge is 0.0678 e. The largest absolute Gasteiger partial charge is 0.392 e. The molecule has 0 atom stereocenters. The van der Waals surface area contributed by atoms with Crippen molar-refractivity contribution >= 4 is 6.21 Å². The Kier molecular flexibility index (Phi) is 15.4. The molecule has 0 amide bonds. The lowest BCUT2D eigenvalue weighted by molar-refractivity contribution is 0.335. The minimum atomic E-state index is 0.0629. The summed E-state index contributed by atoms with van der Waals surface area (Å²) in [5, 5.41) is 8.96. The van der Waals surface area contributed by atoms with Gasteiger partial charge in [-0.15, -0.1) is 0 Å². The van der Waals surface area contributed by atoms with E-state index in [0.29, 0.717) is 0 Å². The first kappa shape index (κ1) is 19.9. The number of nitrogens with zero attached hydrogens (tertiary/aromatic N) is 1.